The predicted molar refractivity (Wildman–Crippen MR) is 61.9 cm³/mol. The van der Waals surface area contributed by atoms with Crippen LogP contribution in [0.3, 0.4) is 0 Å². The molecule has 18 heavy (non-hydrogen) atoms. The van der Waals surface area contributed by atoms with E-state index in [0.29, 0.717) is 0 Å². The summed E-state index contributed by atoms with van der Waals surface area (Å²) in [5, 5.41) is 12.1. The van der Waals surface area contributed by atoms with Gasteiger partial charge in [-0.1, -0.05) is 0 Å². The number of anilines is 1. The molecule has 0 fully saturated rings. The number of hydrogen-bond donors (Lipinski definition) is 2. The number of aliphatic hydroxyl groups is 1. The van der Waals surface area contributed by atoms with Gasteiger partial charge in [0.2, 0.25) is 0 Å². The van der Waals surface area contributed by atoms with Crippen molar-refractivity contribution in [3.8, 4) is 0 Å². The van der Waals surface area contributed by atoms with E-state index >= 15 is 0 Å². The van der Waals surface area contributed by atoms with Crippen LogP contribution in [0.2, 0.25) is 0 Å². The molecule has 0 aliphatic carbocycles. The molecule has 102 valence electrons. The fourth-order valence-corrected chi connectivity index (χ4v) is 1.26. The van der Waals surface area contributed by atoms with Crippen molar-refractivity contribution >= 4 is 5.69 Å². The van der Waals surface area contributed by atoms with Crippen LogP contribution < -0.4 is 5.32 Å². The molecule has 6 heteroatoms. The molecule has 2 N–H and O–H groups in total. The zero-order valence-electron chi connectivity index (χ0n) is 10.2. The first-order chi connectivity index (χ1) is 8.40. The Morgan fingerprint density at radius 2 is 1.78 bits per heavy atom. The van der Waals surface area contributed by atoms with Gasteiger partial charge in [-0.2, -0.15) is 0 Å². The van der Waals surface area contributed by atoms with Crippen molar-refractivity contribution in [3.63, 3.8) is 0 Å². The number of benzene rings is 1. The molecule has 3 nitrogen and oxygen atoms in total. The van der Waals surface area contributed by atoms with Crippen LogP contribution in [0.25, 0.3) is 0 Å². The van der Waals surface area contributed by atoms with Crippen LogP contribution in [0.4, 0.5) is 18.9 Å². The van der Waals surface area contributed by atoms with Crippen molar-refractivity contribution in [2.24, 2.45) is 0 Å². The van der Waals surface area contributed by atoms with Crippen molar-refractivity contribution in [2.75, 3.05) is 18.5 Å². The molecule has 1 unspecified atom stereocenters. The Hall–Kier alpha value is -1.27. The minimum Gasteiger partial charge on any atom is -0.389 e. The molecule has 1 rings (SSSR count). The zero-order valence-corrected chi connectivity index (χ0v) is 10.2. The van der Waals surface area contributed by atoms with Crippen molar-refractivity contribution in [3.05, 3.63) is 29.6 Å². The molecule has 0 radical (unpaired) electrons. The third-order valence-electron chi connectivity index (χ3n) is 2.15. The molecule has 1 aromatic rings. The molecular formula is C12H16F3NO2. The Kier molecular flexibility index (Phi) is 5.43. The van der Waals surface area contributed by atoms with Gasteiger partial charge in [0.05, 0.1) is 18.8 Å². The van der Waals surface area contributed by atoms with Crippen LogP contribution in [0.5, 0.6) is 0 Å². The number of aliphatic hydroxyl groups excluding tert-OH is 1. The Balaban J connectivity index is 2.48. The summed E-state index contributed by atoms with van der Waals surface area (Å²) < 4.78 is 43.6. The van der Waals surface area contributed by atoms with Crippen LogP contribution >= 0.6 is 0 Å². The third-order valence-corrected chi connectivity index (χ3v) is 2.15. The third kappa shape index (κ3) is 4.54. The lowest BCUT2D eigenvalue weighted by Gasteiger charge is -2.15. The Labute approximate surface area is 104 Å². The maximum absolute atomic E-state index is 12.9. The minimum atomic E-state index is -1.51. The summed E-state index contributed by atoms with van der Waals surface area (Å²) in [5.41, 5.74) is 0.0648. The highest BCUT2D eigenvalue weighted by molar-refractivity contribution is 5.44. The molecule has 1 aromatic carbocycles. The van der Waals surface area contributed by atoms with Crippen molar-refractivity contribution in [1.82, 2.24) is 0 Å². The van der Waals surface area contributed by atoms with E-state index in [9.17, 15) is 18.3 Å². The number of halogens is 3. The first-order valence-corrected chi connectivity index (χ1v) is 5.58. The molecule has 0 heterocycles. The number of rotatable bonds is 6. The standard InChI is InChI=1S/C12H16F3NO2/c1-7(2)18-6-9(17)5-16-8-3-10(13)12(15)11(14)4-8/h3-4,7,9,16-17H,5-6H2,1-2H3. The number of ether oxygens (including phenoxy) is 1. The SMILES string of the molecule is CC(C)OCC(O)CNc1cc(F)c(F)c(F)c1. The minimum absolute atomic E-state index is 0.0136. The predicted octanol–water partition coefficient (Wildman–Crippen LogP) is 2.30. The van der Waals surface area contributed by atoms with Crippen LogP contribution in [-0.2, 0) is 4.74 Å². The molecule has 0 saturated carbocycles. The van der Waals surface area contributed by atoms with Crippen molar-refractivity contribution < 1.29 is 23.0 Å². The van der Waals surface area contributed by atoms with Gasteiger partial charge >= 0.3 is 0 Å². The van der Waals surface area contributed by atoms with Gasteiger partial charge in [-0.05, 0) is 13.8 Å². The van der Waals surface area contributed by atoms with E-state index in [-0.39, 0.29) is 24.9 Å². The summed E-state index contributed by atoms with van der Waals surface area (Å²) >= 11 is 0. The van der Waals surface area contributed by atoms with E-state index in [1.165, 1.54) is 0 Å². The molecule has 0 bridgehead atoms. The lowest BCUT2D eigenvalue weighted by molar-refractivity contribution is 0.0112. The average Bonchev–Trinajstić information content (AvgIpc) is 2.30. The lowest BCUT2D eigenvalue weighted by atomic mass is 10.2. The second-order valence-corrected chi connectivity index (χ2v) is 4.17. The maximum Gasteiger partial charge on any atom is 0.194 e. The number of hydrogen-bond acceptors (Lipinski definition) is 3. The van der Waals surface area contributed by atoms with Gasteiger partial charge in [0.15, 0.2) is 17.5 Å². The Morgan fingerprint density at radius 1 is 1.22 bits per heavy atom. The zero-order chi connectivity index (χ0) is 13.7. The quantitative estimate of drug-likeness (QED) is 0.774. The maximum atomic E-state index is 12.9. The Morgan fingerprint density at radius 3 is 2.28 bits per heavy atom. The van der Waals surface area contributed by atoms with Crippen LogP contribution in [0.15, 0.2) is 12.1 Å². The fourth-order valence-electron chi connectivity index (χ4n) is 1.26. The monoisotopic (exact) mass is 263 g/mol. The van der Waals surface area contributed by atoms with Gasteiger partial charge in [0, 0.05) is 24.4 Å². The first kappa shape index (κ1) is 14.8. The largest absolute Gasteiger partial charge is 0.389 e. The van der Waals surface area contributed by atoms with Crippen LogP contribution in [0.1, 0.15) is 13.8 Å². The molecule has 0 aliphatic rings. The van der Waals surface area contributed by atoms with Gasteiger partial charge in [-0.3, -0.25) is 0 Å². The normalized spacial score (nSPS) is 12.8. The summed E-state index contributed by atoms with van der Waals surface area (Å²) in [6.45, 7) is 3.81. The molecular weight excluding hydrogens is 247 g/mol. The van der Waals surface area contributed by atoms with Gasteiger partial charge < -0.3 is 15.2 Å². The van der Waals surface area contributed by atoms with Crippen LogP contribution in [0, 0.1) is 17.5 Å². The van der Waals surface area contributed by atoms with Gasteiger partial charge in [-0.15, -0.1) is 0 Å². The van der Waals surface area contributed by atoms with Gasteiger partial charge in [0.1, 0.15) is 0 Å². The fraction of sp³-hybridized carbons (Fsp3) is 0.500. The van der Waals surface area contributed by atoms with E-state index in [4.69, 9.17) is 4.74 Å². The Bertz CT molecular complexity index is 376. The van der Waals surface area contributed by atoms with E-state index in [1.54, 1.807) is 0 Å². The first-order valence-electron chi connectivity index (χ1n) is 5.58. The smallest absolute Gasteiger partial charge is 0.194 e. The highest BCUT2D eigenvalue weighted by Crippen LogP contribution is 2.17. The van der Waals surface area contributed by atoms with E-state index < -0.39 is 23.6 Å². The molecule has 0 aliphatic heterocycles. The second-order valence-electron chi connectivity index (χ2n) is 4.17. The highest BCUT2D eigenvalue weighted by atomic mass is 19.2. The summed E-state index contributed by atoms with van der Waals surface area (Å²) in [7, 11) is 0. The lowest BCUT2D eigenvalue weighted by Crippen LogP contribution is -2.26. The van der Waals surface area contributed by atoms with E-state index in [0.717, 1.165) is 12.1 Å². The van der Waals surface area contributed by atoms with Gasteiger partial charge in [0.25, 0.3) is 0 Å². The molecule has 0 amide bonds. The van der Waals surface area contributed by atoms with E-state index in [1.807, 2.05) is 13.8 Å². The molecule has 0 spiro atoms. The van der Waals surface area contributed by atoms with Crippen LogP contribution in [-0.4, -0.2) is 30.5 Å². The van der Waals surface area contributed by atoms with Gasteiger partial charge in [-0.25, -0.2) is 13.2 Å². The van der Waals surface area contributed by atoms with Crippen molar-refractivity contribution in [2.45, 2.75) is 26.1 Å². The van der Waals surface area contributed by atoms with E-state index in [2.05, 4.69) is 5.32 Å². The highest BCUT2D eigenvalue weighted by Gasteiger charge is 2.11. The summed E-state index contributed by atoms with van der Waals surface area (Å²) in [6.07, 6.45) is -0.830. The number of nitrogens with one attached hydrogen (secondary N) is 1. The summed E-state index contributed by atoms with van der Waals surface area (Å²) in [5.74, 6) is -4.06. The second kappa shape index (κ2) is 6.61. The molecule has 0 aromatic heterocycles. The molecule has 0 saturated heterocycles. The average molecular weight is 263 g/mol. The summed E-state index contributed by atoms with van der Waals surface area (Å²) in [4.78, 5) is 0. The summed E-state index contributed by atoms with van der Waals surface area (Å²) in [6, 6.07) is 1.66. The molecule has 1 atom stereocenters. The van der Waals surface area contributed by atoms with Crippen molar-refractivity contribution in [1.29, 1.82) is 0 Å². The topological polar surface area (TPSA) is 41.5 Å².